The van der Waals surface area contributed by atoms with Crippen molar-refractivity contribution in [3.8, 4) is 0 Å². The molecule has 6 nitrogen and oxygen atoms in total. The fraction of sp³-hybridized carbons (Fsp3) is 0.615. The van der Waals surface area contributed by atoms with E-state index in [2.05, 4.69) is 4.98 Å². The zero-order valence-electron chi connectivity index (χ0n) is 11.6. The average Bonchev–Trinajstić information content (AvgIpc) is 2.85. The van der Waals surface area contributed by atoms with E-state index < -0.39 is 5.97 Å². The minimum atomic E-state index is -1.16. The minimum Gasteiger partial charge on any atom is -0.476 e. The fourth-order valence-electron chi connectivity index (χ4n) is 2.31. The van der Waals surface area contributed by atoms with Gasteiger partial charge >= 0.3 is 5.97 Å². The molecule has 1 saturated heterocycles. The maximum atomic E-state index is 11.5. The molecule has 0 spiro atoms. The summed E-state index contributed by atoms with van der Waals surface area (Å²) in [6, 6.07) is 0. The second kappa shape index (κ2) is 6.32. The molecule has 1 aliphatic heterocycles. The lowest BCUT2D eigenvalue weighted by atomic mass is 10.1. The van der Waals surface area contributed by atoms with Crippen LogP contribution in [0.25, 0.3) is 0 Å². The van der Waals surface area contributed by atoms with E-state index in [1.54, 1.807) is 0 Å². The molecule has 1 N–H and O–H groups in total. The van der Waals surface area contributed by atoms with Crippen molar-refractivity contribution in [3.63, 3.8) is 0 Å². The van der Waals surface area contributed by atoms with E-state index in [9.17, 15) is 9.59 Å². The number of aromatic nitrogens is 1. The number of hydrogen-bond donors (Lipinski definition) is 1. The molecule has 0 bridgehead atoms. The first-order valence-corrected chi connectivity index (χ1v) is 7.46. The van der Waals surface area contributed by atoms with Gasteiger partial charge in [0.05, 0.1) is 6.10 Å². The Morgan fingerprint density at radius 2 is 2.30 bits per heavy atom. The van der Waals surface area contributed by atoms with Crippen molar-refractivity contribution in [1.29, 1.82) is 0 Å². The number of ketones is 1. The number of rotatable bonds is 5. The number of hydrogen-bond acceptors (Lipinski definition) is 6. The number of carboxylic acids is 1. The van der Waals surface area contributed by atoms with E-state index in [1.165, 1.54) is 6.92 Å². The molecule has 0 radical (unpaired) electrons. The molecule has 0 amide bonds. The monoisotopic (exact) mass is 298 g/mol. The van der Waals surface area contributed by atoms with Gasteiger partial charge < -0.3 is 14.7 Å². The highest BCUT2D eigenvalue weighted by Gasteiger charge is 2.26. The summed E-state index contributed by atoms with van der Waals surface area (Å²) in [6.07, 6.45) is 2.12. The number of Topliss-reactive ketones (excluding diaryl/α,β-unsaturated/α-hetero) is 1. The predicted molar refractivity (Wildman–Crippen MR) is 75.9 cm³/mol. The van der Waals surface area contributed by atoms with Gasteiger partial charge in [-0.25, -0.2) is 9.78 Å². The Hall–Kier alpha value is -1.47. The van der Waals surface area contributed by atoms with E-state index in [4.69, 9.17) is 9.84 Å². The lowest BCUT2D eigenvalue weighted by molar-refractivity contribution is 0.0526. The maximum Gasteiger partial charge on any atom is 0.356 e. The van der Waals surface area contributed by atoms with Gasteiger partial charge in [-0.3, -0.25) is 4.79 Å². The molecule has 0 aliphatic carbocycles. The molecule has 1 aliphatic rings. The van der Waals surface area contributed by atoms with E-state index in [1.807, 2.05) is 11.8 Å². The van der Waals surface area contributed by atoms with Crippen molar-refractivity contribution < 1.29 is 19.4 Å². The number of anilines is 1. The van der Waals surface area contributed by atoms with Crippen molar-refractivity contribution in [2.45, 2.75) is 32.8 Å². The molecule has 0 aromatic carbocycles. The van der Waals surface area contributed by atoms with Gasteiger partial charge in [-0.15, -0.1) is 0 Å². The van der Waals surface area contributed by atoms with Crippen molar-refractivity contribution in [2.24, 2.45) is 0 Å². The van der Waals surface area contributed by atoms with Gasteiger partial charge in [-0.1, -0.05) is 11.3 Å². The fourth-order valence-corrected chi connectivity index (χ4v) is 3.30. The molecule has 7 heteroatoms. The number of aromatic carboxylic acids is 1. The van der Waals surface area contributed by atoms with Crippen molar-refractivity contribution in [2.75, 3.05) is 24.6 Å². The second-order valence-electron chi connectivity index (χ2n) is 4.70. The maximum absolute atomic E-state index is 11.5. The van der Waals surface area contributed by atoms with Gasteiger partial charge in [0.2, 0.25) is 0 Å². The Bertz CT molecular complexity index is 481. The van der Waals surface area contributed by atoms with Crippen LogP contribution in [-0.2, 0) is 4.74 Å². The van der Waals surface area contributed by atoms with Gasteiger partial charge in [0.25, 0.3) is 0 Å². The number of carbonyl (C=O) groups excluding carboxylic acids is 1. The smallest absolute Gasteiger partial charge is 0.356 e. The molecule has 2 rings (SSSR count). The number of piperidine rings is 1. The molecule has 20 heavy (non-hydrogen) atoms. The quantitative estimate of drug-likeness (QED) is 0.838. The van der Waals surface area contributed by atoms with Crippen LogP contribution in [0.5, 0.6) is 0 Å². The predicted octanol–water partition coefficient (Wildman–Crippen LogP) is 2.05. The average molecular weight is 298 g/mol. The molecular weight excluding hydrogens is 280 g/mol. The first-order chi connectivity index (χ1) is 9.52. The Kier molecular flexibility index (Phi) is 4.72. The molecule has 2 heterocycles. The third kappa shape index (κ3) is 3.16. The third-order valence-electron chi connectivity index (χ3n) is 3.19. The highest BCUT2D eigenvalue weighted by Crippen LogP contribution is 2.29. The van der Waals surface area contributed by atoms with Crippen molar-refractivity contribution in [1.82, 2.24) is 4.98 Å². The molecule has 1 fully saturated rings. The normalized spacial score (nSPS) is 19.1. The Balaban J connectivity index is 2.22. The van der Waals surface area contributed by atoms with Crippen molar-refractivity contribution in [3.05, 3.63) is 10.6 Å². The summed E-state index contributed by atoms with van der Waals surface area (Å²) < 4.78 is 5.62. The molecule has 1 unspecified atom stereocenters. The number of thiazole rings is 1. The van der Waals surface area contributed by atoms with Gasteiger partial charge in [-0.05, 0) is 19.8 Å². The lowest BCUT2D eigenvalue weighted by Gasteiger charge is -2.32. The summed E-state index contributed by atoms with van der Waals surface area (Å²) in [5.74, 6) is -1.42. The third-order valence-corrected chi connectivity index (χ3v) is 4.41. The van der Waals surface area contributed by atoms with Gasteiger partial charge in [0, 0.05) is 26.6 Å². The number of ether oxygens (including phenoxy) is 1. The Labute approximate surface area is 121 Å². The van der Waals surface area contributed by atoms with Crippen LogP contribution in [-0.4, -0.2) is 47.6 Å². The molecule has 1 aromatic heterocycles. The Morgan fingerprint density at radius 1 is 1.55 bits per heavy atom. The summed E-state index contributed by atoms with van der Waals surface area (Å²) in [7, 11) is 0. The van der Waals surface area contributed by atoms with Crippen molar-refractivity contribution >= 4 is 28.2 Å². The minimum absolute atomic E-state index is 0.143. The standard InChI is InChI=1S/C13H18N2O4S/c1-3-19-9-5-4-6-15(7-9)13-14-10(12(17)18)11(20-13)8(2)16/h9H,3-7H2,1-2H3,(H,17,18). The Morgan fingerprint density at radius 3 is 2.85 bits per heavy atom. The lowest BCUT2D eigenvalue weighted by Crippen LogP contribution is -2.39. The van der Waals surface area contributed by atoms with Crippen LogP contribution in [0, 0.1) is 0 Å². The molecule has 1 atom stereocenters. The summed E-state index contributed by atoms with van der Waals surface area (Å²) in [4.78, 5) is 29.0. The zero-order valence-corrected chi connectivity index (χ0v) is 12.4. The van der Waals surface area contributed by atoms with E-state index in [0.29, 0.717) is 18.3 Å². The SMILES string of the molecule is CCOC1CCCN(c2nc(C(=O)O)c(C(C)=O)s2)C1. The van der Waals surface area contributed by atoms with Gasteiger partial charge in [0.15, 0.2) is 16.6 Å². The number of carbonyl (C=O) groups is 2. The van der Waals surface area contributed by atoms with Crippen LogP contribution in [0.2, 0.25) is 0 Å². The van der Waals surface area contributed by atoms with Gasteiger partial charge in [-0.2, -0.15) is 0 Å². The van der Waals surface area contributed by atoms with Crippen LogP contribution in [0.1, 0.15) is 46.8 Å². The van der Waals surface area contributed by atoms with E-state index >= 15 is 0 Å². The van der Waals surface area contributed by atoms with Crippen LogP contribution in [0.3, 0.4) is 0 Å². The topological polar surface area (TPSA) is 79.7 Å². The van der Waals surface area contributed by atoms with E-state index in [0.717, 1.165) is 30.7 Å². The molecule has 1 aromatic rings. The first kappa shape index (κ1) is 14.9. The summed E-state index contributed by atoms with van der Waals surface area (Å²) >= 11 is 1.15. The van der Waals surface area contributed by atoms with Crippen LogP contribution < -0.4 is 4.90 Å². The zero-order chi connectivity index (χ0) is 14.7. The van der Waals surface area contributed by atoms with Gasteiger partial charge in [0.1, 0.15) is 4.88 Å². The first-order valence-electron chi connectivity index (χ1n) is 6.64. The number of nitrogens with zero attached hydrogens (tertiary/aromatic N) is 2. The number of carboxylic acid groups (broad SMARTS) is 1. The highest BCUT2D eigenvalue weighted by atomic mass is 32.1. The molecule has 110 valence electrons. The van der Waals surface area contributed by atoms with Crippen LogP contribution in [0.15, 0.2) is 0 Å². The summed E-state index contributed by atoms with van der Waals surface area (Å²) in [6.45, 7) is 5.49. The molecular formula is C13H18N2O4S. The van der Waals surface area contributed by atoms with Crippen LogP contribution in [0.4, 0.5) is 5.13 Å². The summed E-state index contributed by atoms with van der Waals surface area (Å²) in [5, 5.41) is 9.71. The largest absolute Gasteiger partial charge is 0.476 e. The summed E-state index contributed by atoms with van der Waals surface area (Å²) in [5.41, 5.74) is -0.143. The van der Waals surface area contributed by atoms with E-state index in [-0.39, 0.29) is 22.5 Å². The second-order valence-corrected chi connectivity index (χ2v) is 5.68. The molecule has 0 saturated carbocycles. The highest BCUT2D eigenvalue weighted by molar-refractivity contribution is 7.17. The van der Waals surface area contributed by atoms with Crippen LogP contribution >= 0.6 is 11.3 Å².